The van der Waals surface area contributed by atoms with Crippen molar-refractivity contribution < 1.29 is 53.5 Å². The van der Waals surface area contributed by atoms with Crippen molar-refractivity contribution in [1.29, 1.82) is 0 Å². The summed E-state index contributed by atoms with van der Waals surface area (Å²) in [5.74, 6) is -0.0272. The number of carbonyl (C=O) groups is 4. The molecule has 0 bridgehead atoms. The van der Waals surface area contributed by atoms with E-state index in [9.17, 15) is 22.1 Å². The molecule has 4 nitrogen and oxygen atoms in total. The van der Waals surface area contributed by atoms with Crippen molar-refractivity contribution in [1.82, 2.24) is 0 Å². The van der Waals surface area contributed by atoms with E-state index in [1.165, 1.54) is 6.08 Å². The molecule has 0 N–H and O–H groups in total. The molecule has 0 aliphatic carbocycles. The molecule has 1 radical (unpaired) electrons. The molecule has 0 saturated heterocycles. The van der Waals surface area contributed by atoms with Gasteiger partial charge in [-0.2, -0.15) is 0 Å². The molecule has 1 rings (SSSR count). The predicted octanol–water partition coefficient (Wildman–Crippen LogP) is 2.80. The molecule has 1 aromatic carbocycles. The summed E-state index contributed by atoms with van der Waals surface area (Å²) in [7, 11) is -6.00. The molecular formula is C12H14BF4MnO4-. The summed E-state index contributed by atoms with van der Waals surface area (Å²) in [5.41, 5.74) is 0.692. The topological polar surface area (TPSA) is 68.3 Å². The summed E-state index contributed by atoms with van der Waals surface area (Å²) < 4.78 is 39.0. The van der Waals surface area contributed by atoms with Crippen molar-refractivity contribution in [3.8, 4) is 0 Å². The Morgan fingerprint density at radius 3 is 1.36 bits per heavy atom. The first-order valence-electron chi connectivity index (χ1n) is 4.80. The molecule has 0 spiro atoms. The number of halogens is 4. The van der Waals surface area contributed by atoms with Crippen molar-refractivity contribution >= 4 is 33.4 Å². The van der Waals surface area contributed by atoms with E-state index in [-0.39, 0.29) is 22.9 Å². The van der Waals surface area contributed by atoms with Crippen LogP contribution >= 0.6 is 0 Å². The van der Waals surface area contributed by atoms with Crippen molar-refractivity contribution in [2.24, 2.45) is 0 Å². The van der Waals surface area contributed by atoms with Crippen molar-refractivity contribution in [3.05, 3.63) is 48.6 Å². The second-order valence-corrected chi connectivity index (χ2v) is 2.43. The fourth-order valence-electron chi connectivity index (χ4n) is 0.720. The maximum absolute atomic E-state index is 10.9. The van der Waals surface area contributed by atoms with Crippen LogP contribution in [0.15, 0.2) is 43.0 Å². The summed E-state index contributed by atoms with van der Waals surface area (Å²) in [6.45, 7) is 9.39. The summed E-state index contributed by atoms with van der Waals surface area (Å²) in [4.78, 5) is 34.9. The standard InChI is InChI=1S/C9H8O.3CH2O.BF4.Mn/c1-2-9(10)8-6-4-3-5-7-8;3*1-2;2-1(3,4)5;/h2-7H,1H2;3*1H2;;/q;;;;-1;. The maximum atomic E-state index is 10.9. The molecule has 1 aromatic rings. The molecule has 125 valence electrons. The van der Waals surface area contributed by atoms with Crippen LogP contribution in [0.3, 0.4) is 0 Å². The zero-order valence-corrected chi connectivity index (χ0v) is 12.6. The molecule has 0 unspecified atom stereocenters. The first-order chi connectivity index (χ1) is 9.84. The molecule has 0 aliphatic rings. The Bertz CT molecular complexity index is 366. The van der Waals surface area contributed by atoms with Crippen LogP contribution in [-0.2, 0) is 31.5 Å². The van der Waals surface area contributed by atoms with E-state index in [0.717, 1.165) is 0 Å². The predicted molar refractivity (Wildman–Crippen MR) is 72.5 cm³/mol. The van der Waals surface area contributed by atoms with Crippen LogP contribution in [-0.4, -0.2) is 33.4 Å². The molecule has 0 amide bonds. The molecule has 10 heteroatoms. The largest absolute Gasteiger partial charge is 0.673 e. The van der Waals surface area contributed by atoms with E-state index in [0.29, 0.717) is 5.56 Å². The molecular weight excluding hydrogens is 350 g/mol. The van der Waals surface area contributed by atoms with Crippen molar-refractivity contribution in [3.63, 3.8) is 0 Å². The van der Waals surface area contributed by atoms with E-state index in [1.807, 2.05) is 38.6 Å². The first kappa shape index (κ1) is 32.0. The molecule has 22 heavy (non-hydrogen) atoms. The number of hydrogen-bond acceptors (Lipinski definition) is 4. The monoisotopic (exact) mass is 364 g/mol. The van der Waals surface area contributed by atoms with E-state index in [2.05, 4.69) is 6.58 Å². The van der Waals surface area contributed by atoms with Gasteiger partial charge < -0.3 is 31.6 Å². The van der Waals surface area contributed by atoms with Crippen LogP contribution in [0.2, 0.25) is 0 Å². The number of hydrogen-bond donors (Lipinski definition) is 0. The van der Waals surface area contributed by atoms with Gasteiger partial charge in [-0.25, -0.2) is 0 Å². The normalized spacial score (nSPS) is 7.27. The molecule has 0 heterocycles. The Kier molecular flexibility index (Phi) is 35.0. The van der Waals surface area contributed by atoms with Crippen molar-refractivity contribution in [2.45, 2.75) is 0 Å². The quantitative estimate of drug-likeness (QED) is 0.350. The Labute approximate surface area is 136 Å². The van der Waals surface area contributed by atoms with Gasteiger partial charge in [0, 0.05) is 22.6 Å². The average molecular weight is 364 g/mol. The van der Waals surface area contributed by atoms with Crippen molar-refractivity contribution in [2.75, 3.05) is 0 Å². The molecule has 0 atom stereocenters. The Hall–Kier alpha value is -2.06. The molecule has 0 saturated carbocycles. The minimum Gasteiger partial charge on any atom is -0.418 e. The van der Waals surface area contributed by atoms with Crippen LogP contribution in [0.25, 0.3) is 0 Å². The second-order valence-electron chi connectivity index (χ2n) is 2.43. The van der Waals surface area contributed by atoms with Gasteiger partial charge in [-0.05, 0) is 6.08 Å². The van der Waals surface area contributed by atoms with Gasteiger partial charge in [0.2, 0.25) is 0 Å². The number of rotatable bonds is 2. The van der Waals surface area contributed by atoms with E-state index in [1.54, 1.807) is 12.1 Å². The van der Waals surface area contributed by atoms with Gasteiger partial charge in [-0.3, -0.25) is 4.79 Å². The van der Waals surface area contributed by atoms with Gasteiger partial charge in [0.15, 0.2) is 5.78 Å². The van der Waals surface area contributed by atoms with Crippen LogP contribution in [0.5, 0.6) is 0 Å². The zero-order valence-electron chi connectivity index (χ0n) is 11.4. The minimum absolute atomic E-state index is 0. The third-order valence-corrected chi connectivity index (χ3v) is 1.24. The van der Waals surface area contributed by atoms with Crippen LogP contribution in [0, 0.1) is 0 Å². The SMILES string of the molecule is C=CC(=O)c1ccccc1.C=O.C=O.C=O.F[B-](F)(F)F.[Mn]. The van der Waals surface area contributed by atoms with Gasteiger partial charge >= 0.3 is 7.25 Å². The van der Waals surface area contributed by atoms with Crippen LogP contribution < -0.4 is 0 Å². The number of benzene rings is 1. The third-order valence-electron chi connectivity index (χ3n) is 1.24. The van der Waals surface area contributed by atoms with Gasteiger partial charge in [-0.1, -0.05) is 36.9 Å². The maximum Gasteiger partial charge on any atom is 0.673 e. The molecule has 0 aliphatic heterocycles. The first-order valence-corrected chi connectivity index (χ1v) is 4.80. The summed E-state index contributed by atoms with van der Waals surface area (Å²) in [6.07, 6.45) is 1.31. The zero-order chi connectivity index (χ0) is 17.9. The summed E-state index contributed by atoms with van der Waals surface area (Å²) in [6, 6.07) is 9.07. The van der Waals surface area contributed by atoms with E-state index >= 15 is 0 Å². The number of allylic oxidation sites excluding steroid dienone is 1. The Balaban J connectivity index is -0.0000000691. The summed E-state index contributed by atoms with van der Waals surface area (Å²) in [5, 5.41) is 0. The van der Waals surface area contributed by atoms with E-state index in [4.69, 9.17) is 14.4 Å². The molecule has 0 fully saturated rings. The summed E-state index contributed by atoms with van der Waals surface area (Å²) >= 11 is 0. The minimum atomic E-state index is -6.00. The molecule has 0 aromatic heterocycles. The van der Waals surface area contributed by atoms with Gasteiger partial charge in [0.25, 0.3) is 0 Å². The van der Waals surface area contributed by atoms with Crippen LogP contribution in [0.1, 0.15) is 10.4 Å². The fraction of sp³-hybridized carbons (Fsp3) is 0. The third kappa shape index (κ3) is 36.1. The van der Waals surface area contributed by atoms with E-state index < -0.39 is 7.25 Å². The Morgan fingerprint density at radius 1 is 0.864 bits per heavy atom. The van der Waals surface area contributed by atoms with Crippen LogP contribution in [0.4, 0.5) is 17.3 Å². The average Bonchev–Trinajstić information content (AvgIpc) is 2.52. The van der Waals surface area contributed by atoms with Gasteiger partial charge in [0.05, 0.1) is 0 Å². The Morgan fingerprint density at radius 2 is 1.14 bits per heavy atom. The smallest absolute Gasteiger partial charge is 0.418 e. The van der Waals surface area contributed by atoms with Gasteiger partial charge in [-0.15, -0.1) is 0 Å². The second kappa shape index (κ2) is 24.0. The fourth-order valence-corrected chi connectivity index (χ4v) is 0.720. The number of carbonyl (C=O) groups excluding carboxylic acids is 4. The van der Waals surface area contributed by atoms with Gasteiger partial charge in [0.1, 0.15) is 20.4 Å². The number of ketones is 1.